The molecular formula is C14H10N2O3. The molecule has 0 spiro atoms. The van der Waals surface area contributed by atoms with Gasteiger partial charge in [-0.2, -0.15) is 0 Å². The van der Waals surface area contributed by atoms with E-state index in [1.807, 2.05) is 6.07 Å². The highest BCUT2D eigenvalue weighted by Crippen LogP contribution is 2.27. The second kappa shape index (κ2) is 4.20. The van der Waals surface area contributed by atoms with Gasteiger partial charge in [-0.15, -0.1) is 0 Å². The Hall–Kier alpha value is -2.69. The van der Waals surface area contributed by atoms with Crippen molar-refractivity contribution in [3.63, 3.8) is 0 Å². The summed E-state index contributed by atoms with van der Waals surface area (Å²) >= 11 is 0. The molecule has 0 saturated carbocycles. The largest absolute Gasteiger partial charge is 0.478 e. The van der Waals surface area contributed by atoms with Crippen LogP contribution < -0.4 is 4.90 Å². The number of carboxylic acids is 1. The van der Waals surface area contributed by atoms with Crippen LogP contribution in [0.2, 0.25) is 0 Å². The Morgan fingerprint density at radius 2 is 1.95 bits per heavy atom. The SMILES string of the molecule is O=C(O)c1ccc(N2Cc3ccncc3C2=O)cc1. The number of hydrogen-bond acceptors (Lipinski definition) is 3. The first-order valence-corrected chi connectivity index (χ1v) is 5.75. The van der Waals surface area contributed by atoms with Crippen molar-refractivity contribution in [1.82, 2.24) is 4.98 Å². The number of nitrogens with zero attached hydrogens (tertiary/aromatic N) is 2. The zero-order valence-electron chi connectivity index (χ0n) is 9.91. The van der Waals surface area contributed by atoms with Crippen LogP contribution in [-0.4, -0.2) is 22.0 Å². The first kappa shape index (κ1) is 11.4. The number of hydrogen-bond donors (Lipinski definition) is 1. The molecule has 1 aromatic carbocycles. The molecule has 0 radical (unpaired) electrons. The van der Waals surface area contributed by atoms with E-state index in [0.717, 1.165) is 5.56 Å². The van der Waals surface area contributed by atoms with Crippen molar-refractivity contribution in [2.75, 3.05) is 4.90 Å². The molecule has 0 saturated heterocycles. The fraction of sp³-hybridized carbons (Fsp3) is 0.0714. The fourth-order valence-electron chi connectivity index (χ4n) is 2.13. The molecule has 1 amide bonds. The van der Waals surface area contributed by atoms with Crippen LogP contribution in [0, 0.1) is 0 Å². The van der Waals surface area contributed by atoms with Gasteiger partial charge in [-0.1, -0.05) is 0 Å². The first-order valence-electron chi connectivity index (χ1n) is 5.75. The predicted molar refractivity (Wildman–Crippen MR) is 68.2 cm³/mol. The highest BCUT2D eigenvalue weighted by molar-refractivity contribution is 6.09. The van der Waals surface area contributed by atoms with Gasteiger partial charge in [-0.25, -0.2) is 4.79 Å². The molecule has 3 rings (SSSR count). The summed E-state index contributed by atoms with van der Waals surface area (Å²) in [5, 5.41) is 8.85. The third kappa shape index (κ3) is 1.85. The lowest BCUT2D eigenvalue weighted by Gasteiger charge is -2.15. The van der Waals surface area contributed by atoms with Crippen molar-refractivity contribution in [2.24, 2.45) is 0 Å². The van der Waals surface area contributed by atoms with Crippen LogP contribution in [0.25, 0.3) is 0 Å². The van der Waals surface area contributed by atoms with Crippen molar-refractivity contribution in [1.29, 1.82) is 0 Å². The standard InChI is InChI=1S/C14H10N2O3/c17-13-12-7-15-6-5-10(12)8-16(13)11-3-1-9(2-4-11)14(18)19/h1-7H,8H2,(H,18,19). The Balaban J connectivity index is 1.93. The van der Waals surface area contributed by atoms with Crippen molar-refractivity contribution >= 4 is 17.6 Å². The number of carbonyl (C=O) groups excluding carboxylic acids is 1. The summed E-state index contributed by atoms with van der Waals surface area (Å²) in [6.07, 6.45) is 3.21. The Morgan fingerprint density at radius 1 is 1.21 bits per heavy atom. The number of carbonyl (C=O) groups is 2. The van der Waals surface area contributed by atoms with Crippen molar-refractivity contribution in [3.8, 4) is 0 Å². The molecule has 94 valence electrons. The van der Waals surface area contributed by atoms with E-state index in [-0.39, 0.29) is 11.5 Å². The number of aromatic nitrogens is 1. The van der Waals surface area contributed by atoms with Crippen LogP contribution in [0.4, 0.5) is 5.69 Å². The molecule has 0 fully saturated rings. The predicted octanol–water partition coefficient (Wildman–Crippen LogP) is 1.94. The van der Waals surface area contributed by atoms with E-state index in [1.54, 1.807) is 29.4 Å². The van der Waals surface area contributed by atoms with Gasteiger partial charge in [0.25, 0.3) is 5.91 Å². The molecule has 0 bridgehead atoms. The van der Waals surface area contributed by atoms with E-state index in [4.69, 9.17) is 5.11 Å². The Morgan fingerprint density at radius 3 is 2.58 bits per heavy atom. The lowest BCUT2D eigenvalue weighted by Crippen LogP contribution is -2.22. The highest BCUT2D eigenvalue weighted by atomic mass is 16.4. The molecular weight excluding hydrogens is 244 g/mol. The zero-order valence-corrected chi connectivity index (χ0v) is 9.91. The van der Waals surface area contributed by atoms with Gasteiger partial charge in [-0.3, -0.25) is 9.78 Å². The van der Waals surface area contributed by atoms with Gasteiger partial charge in [0.1, 0.15) is 0 Å². The molecule has 19 heavy (non-hydrogen) atoms. The van der Waals surface area contributed by atoms with E-state index in [9.17, 15) is 9.59 Å². The normalized spacial score (nSPS) is 13.5. The van der Waals surface area contributed by atoms with Gasteiger partial charge in [0.05, 0.1) is 17.7 Å². The van der Waals surface area contributed by atoms with Gasteiger partial charge in [0.15, 0.2) is 0 Å². The van der Waals surface area contributed by atoms with Gasteiger partial charge in [-0.05, 0) is 35.9 Å². The second-order valence-corrected chi connectivity index (χ2v) is 4.28. The minimum atomic E-state index is -0.980. The summed E-state index contributed by atoms with van der Waals surface area (Å²) in [5.41, 5.74) is 2.42. The summed E-state index contributed by atoms with van der Waals surface area (Å²) < 4.78 is 0. The van der Waals surface area contributed by atoms with E-state index in [1.165, 1.54) is 12.1 Å². The number of fused-ring (bicyclic) bond motifs is 1. The molecule has 0 unspecified atom stereocenters. The van der Waals surface area contributed by atoms with Crippen molar-refractivity contribution in [3.05, 3.63) is 59.4 Å². The first-order chi connectivity index (χ1) is 9.16. The molecule has 0 aliphatic carbocycles. The number of amides is 1. The van der Waals surface area contributed by atoms with Gasteiger partial charge in [0, 0.05) is 18.1 Å². The molecule has 5 heteroatoms. The average Bonchev–Trinajstić information content (AvgIpc) is 2.77. The van der Waals surface area contributed by atoms with Gasteiger partial charge < -0.3 is 10.0 Å². The smallest absolute Gasteiger partial charge is 0.335 e. The van der Waals surface area contributed by atoms with Gasteiger partial charge >= 0.3 is 5.97 Å². The quantitative estimate of drug-likeness (QED) is 0.889. The van der Waals surface area contributed by atoms with Crippen LogP contribution in [0.15, 0.2) is 42.7 Å². The number of pyridine rings is 1. The summed E-state index contributed by atoms with van der Waals surface area (Å²) in [5.74, 6) is -1.09. The minimum absolute atomic E-state index is 0.105. The molecule has 1 aliphatic rings. The Labute approximate surface area is 109 Å². The average molecular weight is 254 g/mol. The third-order valence-electron chi connectivity index (χ3n) is 3.14. The Bertz CT molecular complexity index is 665. The Kier molecular flexibility index (Phi) is 2.52. The molecule has 1 aromatic heterocycles. The zero-order chi connectivity index (χ0) is 13.4. The van der Waals surface area contributed by atoms with Crippen molar-refractivity contribution in [2.45, 2.75) is 6.54 Å². The lowest BCUT2D eigenvalue weighted by molar-refractivity contribution is 0.0696. The fourth-order valence-corrected chi connectivity index (χ4v) is 2.13. The number of benzene rings is 1. The van der Waals surface area contributed by atoms with Crippen LogP contribution in [0.1, 0.15) is 26.3 Å². The van der Waals surface area contributed by atoms with E-state index >= 15 is 0 Å². The number of rotatable bonds is 2. The maximum Gasteiger partial charge on any atom is 0.335 e. The van der Waals surface area contributed by atoms with E-state index in [0.29, 0.717) is 17.8 Å². The lowest BCUT2D eigenvalue weighted by atomic mass is 10.2. The third-order valence-corrected chi connectivity index (χ3v) is 3.14. The summed E-state index contributed by atoms with van der Waals surface area (Å²) in [6, 6.07) is 8.08. The molecule has 5 nitrogen and oxygen atoms in total. The second-order valence-electron chi connectivity index (χ2n) is 4.28. The maximum atomic E-state index is 12.2. The molecule has 1 aliphatic heterocycles. The molecule has 0 atom stereocenters. The maximum absolute atomic E-state index is 12.2. The summed E-state index contributed by atoms with van der Waals surface area (Å²) in [4.78, 5) is 28.5. The summed E-state index contributed by atoms with van der Waals surface area (Å²) in [6.45, 7) is 0.489. The van der Waals surface area contributed by atoms with Crippen LogP contribution in [0.3, 0.4) is 0 Å². The van der Waals surface area contributed by atoms with Crippen molar-refractivity contribution < 1.29 is 14.7 Å². The minimum Gasteiger partial charge on any atom is -0.478 e. The van der Waals surface area contributed by atoms with Gasteiger partial charge in [0.2, 0.25) is 0 Å². The number of aromatic carboxylic acids is 1. The van der Waals surface area contributed by atoms with Crippen LogP contribution in [-0.2, 0) is 6.54 Å². The molecule has 2 aromatic rings. The molecule has 2 heterocycles. The van der Waals surface area contributed by atoms with Crippen LogP contribution >= 0.6 is 0 Å². The number of anilines is 1. The highest BCUT2D eigenvalue weighted by Gasteiger charge is 2.28. The molecule has 1 N–H and O–H groups in total. The monoisotopic (exact) mass is 254 g/mol. The summed E-state index contributed by atoms with van der Waals surface area (Å²) in [7, 11) is 0. The van der Waals surface area contributed by atoms with Crippen LogP contribution in [0.5, 0.6) is 0 Å². The topological polar surface area (TPSA) is 70.5 Å². The van der Waals surface area contributed by atoms with E-state index in [2.05, 4.69) is 4.98 Å². The number of carboxylic acid groups (broad SMARTS) is 1. The van der Waals surface area contributed by atoms with E-state index < -0.39 is 5.97 Å².